The molecule has 2 amide bonds. The number of urea groups is 1. The predicted octanol–water partition coefficient (Wildman–Crippen LogP) is 1.24. The van der Waals surface area contributed by atoms with Crippen LogP contribution in [-0.2, 0) is 18.2 Å². The van der Waals surface area contributed by atoms with E-state index in [9.17, 15) is 4.79 Å². The molecule has 2 atom stereocenters. The summed E-state index contributed by atoms with van der Waals surface area (Å²) in [4.78, 5) is 14.3. The van der Waals surface area contributed by atoms with Crippen LogP contribution in [0.4, 0.5) is 4.79 Å². The average molecular weight is 327 g/mol. The van der Waals surface area contributed by atoms with E-state index >= 15 is 0 Å². The van der Waals surface area contributed by atoms with Crippen molar-refractivity contribution in [3.63, 3.8) is 0 Å². The Balaban J connectivity index is 1.33. The van der Waals surface area contributed by atoms with Crippen molar-refractivity contribution in [2.45, 2.75) is 18.4 Å². The van der Waals surface area contributed by atoms with Gasteiger partial charge in [-0.1, -0.05) is 24.3 Å². The van der Waals surface area contributed by atoms with Gasteiger partial charge in [0.25, 0.3) is 0 Å². The van der Waals surface area contributed by atoms with Gasteiger partial charge in [0.1, 0.15) is 12.4 Å². The maximum Gasteiger partial charge on any atom is 0.317 e. The van der Waals surface area contributed by atoms with E-state index < -0.39 is 0 Å². The number of nitrogens with zero attached hydrogens (tertiary/aromatic N) is 4. The molecular weight excluding hydrogens is 306 g/mol. The minimum Gasteiger partial charge on any atom is -0.366 e. The number of amides is 2. The number of rotatable bonds is 3. The lowest BCUT2D eigenvalue weighted by atomic mass is 9.78. The Hall–Kier alpha value is -2.41. The number of hydrogen-bond acceptors (Lipinski definition) is 4. The maximum absolute atomic E-state index is 12.5. The quantitative estimate of drug-likeness (QED) is 0.920. The number of aromatic nitrogens is 3. The average Bonchev–Trinajstić information content (AvgIpc) is 3.02. The van der Waals surface area contributed by atoms with Gasteiger partial charge >= 0.3 is 6.03 Å². The molecule has 1 fully saturated rings. The maximum atomic E-state index is 12.5. The predicted molar refractivity (Wildman–Crippen MR) is 87.6 cm³/mol. The number of nitrogens with one attached hydrogen (secondary N) is 1. The molecule has 2 heterocycles. The van der Waals surface area contributed by atoms with Crippen molar-refractivity contribution < 1.29 is 9.53 Å². The van der Waals surface area contributed by atoms with Crippen LogP contribution >= 0.6 is 0 Å². The van der Waals surface area contributed by atoms with Crippen molar-refractivity contribution in [1.82, 2.24) is 25.0 Å². The first-order valence-corrected chi connectivity index (χ1v) is 8.28. The first kappa shape index (κ1) is 15.1. The number of aryl methyl sites for hydroxylation is 1. The van der Waals surface area contributed by atoms with E-state index in [2.05, 4.69) is 39.8 Å². The molecule has 1 N–H and O–H groups in total. The van der Waals surface area contributed by atoms with Gasteiger partial charge in [-0.2, -0.15) is 0 Å². The van der Waals surface area contributed by atoms with Gasteiger partial charge in [0.05, 0.1) is 13.2 Å². The standard InChI is InChI=1S/C17H21N5O2/c1-21-11-19-20-16(21)15-10-22(6-7-24-15)17(23)18-9-13-8-12-4-2-3-5-14(12)13/h2-5,11,13,15H,6-10H2,1H3,(H,18,23). The van der Waals surface area contributed by atoms with Crippen LogP contribution in [0.1, 0.15) is 29.0 Å². The fourth-order valence-corrected chi connectivity index (χ4v) is 3.44. The zero-order chi connectivity index (χ0) is 16.5. The Labute approximate surface area is 140 Å². The lowest BCUT2D eigenvalue weighted by Crippen LogP contribution is -2.48. The highest BCUT2D eigenvalue weighted by Gasteiger charge is 2.30. The fourth-order valence-electron chi connectivity index (χ4n) is 3.44. The van der Waals surface area contributed by atoms with E-state index in [1.54, 1.807) is 11.2 Å². The molecule has 7 heteroatoms. The summed E-state index contributed by atoms with van der Waals surface area (Å²) < 4.78 is 7.57. The minimum absolute atomic E-state index is 0.0325. The second-order valence-corrected chi connectivity index (χ2v) is 6.39. The Morgan fingerprint density at radius 1 is 1.42 bits per heavy atom. The smallest absolute Gasteiger partial charge is 0.317 e. The van der Waals surface area contributed by atoms with E-state index in [1.807, 2.05) is 11.6 Å². The summed E-state index contributed by atoms with van der Waals surface area (Å²) in [5.74, 6) is 1.18. The van der Waals surface area contributed by atoms with Crippen molar-refractivity contribution in [3.05, 3.63) is 47.5 Å². The molecule has 0 radical (unpaired) electrons. The van der Waals surface area contributed by atoms with Gasteiger partial charge in [-0.25, -0.2) is 4.79 Å². The molecule has 24 heavy (non-hydrogen) atoms. The van der Waals surface area contributed by atoms with Crippen molar-refractivity contribution in [3.8, 4) is 0 Å². The van der Waals surface area contributed by atoms with E-state index in [0.29, 0.717) is 32.2 Å². The van der Waals surface area contributed by atoms with Crippen molar-refractivity contribution in [1.29, 1.82) is 0 Å². The summed E-state index contributed by atoms with van der Waals surface area (Å²) in [5.41, 5.74) is 2.75. The van der Waals surface area contributed by atoms with E-state index in [-0.39, 0.29) is 12.1 Å². The normalized spacial score (nSPS) is 22.6. The third-order valence-electron chi connectivity index (χ3n) is 4.85. The molecule has 2 aromatic rings. The molecule has 0 saturated carbocycles. The van der Waals surface area contributed by atoms with Crippen LogP contribution in [0.25, 0.3) is 0 Å². The monoisotopic (exact) mass is 327 g/mol. The van der Waals surface area contributed by atoms with Crippen LogP contribution in [0.3, 0.4) is 0 Å². The summed E-state index contributed by atoms with van der Waals surface area (Å²) in [7, 11) is 1.88. The van der Waals surface area contributed by atoms with Crippen molar-refractivity contribution >= 4 is 6.03 Å². The molecule has 1 aliphatic carbocycles. The largest absolute Gasteiger partial charge is 0.366 e. The summed E-state index contributed by atoms with van der Waals surface area (Å²) in [6.07, 6.45) is 2.47. The van der Waals surface area contributed by atoms with Gasteiger partial charge in [0.15, 0.2) is 5.82 Å². The van der Waals surface area contributed by atoms with Crippen molar-refractivity contribution in [2.24, 2.45) is 7.05 Å². The molecule has 0 bridgehead atoms. The Morgan fingerprint density at radius 3 is 3.08 bits per heavy atom. The molecule has 1 aliphatic heterocycles. The second-order valence-electron chi connectivity index (χ2n) is 6.39. The molecule has 1 aromatic heterocycles. The molecule has 126 valence electrons. The minimum atomic E-state index is -0.221. The molecule has 0 spiro atoms. The van der Waals surface area contributed by atoms with Crippen molar-refractivity contribution in [2.75, 3.05) is 26.2 Å². The van der Waals surface area contributed by atoms with Gasteiger partial charge in [-0.05, 0) is 17.5 Å². The first-order chi connectivity index (χ1) is 11.7. The van der Waals surface area contributed by atoms with Crippen LogP contribution in [0.2, 0.25) is 0 Å². The Morgan fingerprint density at radius 2 is 2.29 bits per heavy atom. The van der Waals surface area contributed by atoms with Crippen LogP contribution < -0.4 is 5.32 Å². The summed E-state index contributed by atoms with van der Waals surface area (Å²) in [6.45, 7) is 2.29. The van der Waals surface area contributed by atoms with Crippen LogP contribution in [0.5, 0.6) is 0 Å². The fraction of sp³-hybridized carbons (Fsp3) is 0.471. The number of carbonyl (C=O) groups excluding carboxylic acids is 1. The number of morpholine rings is 1. The SMILES string of the molecule is Cn1cnnc1C1CN(C(=O)NCC2Cc3ccccc32)CCO1. The van der Waals surface area contributed by atoms with E-state index in [1.165, 1.54) is 11.1 Å². The third-order valence-corrected chi connectivity index (χ3v) is 4.85. The molecule has 2 unspecified atom stereocenters. The third kappa shape index (κ3) is 2.75. The van der Waals surface area contributed by atoms with Crippen LogP contribution in [0, 0.1) is 0 Å². The van der Waals surface area contributed by atoms with Gasteiger partial charge in [0, 0.05) is 26.1 Å². The zero-order valence-electron chi connectivity index (χ0n) is 13.7. The van der Waals surface area contributed by atoms with Gasteiger partial charge < -0.3 is 19.5 Å². The molecule has 2 aliphatic rings. The molecule has 7 nitrogen and oxygen atoms in total. The molecule has 1 saturated heterocycles. The van der Waals surface area contributed by atoms with Gasteiger partial charge in [0.2, 0.25) is 0 Å². The topological polar surface area (TPSA) is 72.3 Å². The number of ether oxygens (including phenoxy) is 1. The zero-order valence-corrected chi connectivity index (χ0v) is 13.7. The highest BCUT2D eigenvalue weighted by molar-refractivity contribution is 5.74. The summed E-state index contributed by atoms with van der Waals surface area (Å²) in [5, 5.41) is 11.0. The lowest BCUT2D eigenvalue weighted by Gasteiger charge is -2.34. The van der Waals surface area contributed by atoms with Gasteiger partial charge in [-0.3, -0.25) is 0 Å². The number of benzene rings is 1. The number of carbonyl (C=O) groups is 1. The first-order valence-electron chi connectivity index (χ1n) is 8.28. The molecular formula is C17H21N5O2. The highest BCUT2D eigenvalue weighted by atomic mass is 16.5. The summed E-state index contributed by atoms with van der Waals surface area (Å²) >= 11 is 0. The Bertz CT molecular complexity index is 744. The number of fused-ring (bicyclic) bond motifs is 1. The molecule has 4 rings (SSSR count). The number of hydrogen-bond donors (Lipinski definition) is 1. The van der Waals surface area contributed by atoms with E-state index in [4.69, 9.17) is 4.74 Å². The van der Waals surface area contributed by atoms with Gasteiger partial charge in [-0.15, -0.1) is 10.2 Å². The second kappa shape index (κ2) is 6.24. The van der Waals surface area contributed by atoms with Crippen LogP contribution in [-0.4, -0.2) is 51.9 Å². The summed E-state index contributed by atoms with van der Waals surface area (Å²) in [6, 6.07) is 8.39. The van der Waals surface area contributed by atoms with Crippen LogP contribution in [0.15, 0.2) is 30.6 Å². The molecule has 1 aromatic carbocycles. The highest BCUT2D eigenvalue weighted by Crippen LogP contribution is 2.34. The Kier molecular flexibility index (Phi) is 3.93. The lowest BCUT2D eigenvalue weighted by molar-refractivity contribution is -0.0214. The van der Waals surface area contributed by atoms with E-state index in [0.717, 1.165) is 12.2 Å².